The van der Waals surface area contributed by atoms with Crippen molar-refractivity contribution in [1.82, 2.24) is 10.2 Å². The average Bonchev–Trinajstić information content (AvgIpc) is 2.62. The van der Waals surface area contributed by atoms with Crippen molar-refractivity contribution in [1.29, 1.82) is 0 Å². The van der Waals surface area contributed by atoms with Gasteiger partial charge < -0.3 is 4.90 Å². The van der Waals surface area contributed by atoms with Crippen LogP contribution in [0.1, 0.15) is 66.7 Å². The van der Waals surface area contributed by atoms with Gasteiger partial charge in [0, 0.05) is 6.04 Å². The number of hydrogen-bond acceptors (Lipinski definition) is 2. The molecule has 1 aliphatic carbocycles. The first-order valence-corrected chi connectivity index (χ1v) is 8.53. The van der Waals surface area contributed by atoms with Gasteiger partial charge in [0.05, 0.1) is 12.2 Å². The first kappa shape index (κ1) is 15.8. The fourth-order valence-corrected chi connectivity index (χ4v) is 3.58. The quantitative estimate of drug-likeness (QED) is 0.809. The van der Waals surface area contributed by atoms with Crippen LogP contribution in [0.3, 0.4) is 0 Å². The van der Waals surface area contributed by atoms with Crippen molar-refractivity contribution in [2.45, 2.75) is 85.0 Å². The average molecular weight is 280 g/mol. The van der Waals surface area contributed by atoms with Crippen LogP contribution >= 0.6 is 0 Å². The number of carbonyl (C=O) groups excluding carboxylic acids is 1. The molecule has 0 aromatic rings. The predicted molar refractivity (Wildman–Crippen MR) is 83.3 cm³/mol. The van der Waals surface area contributed by atoms with E-state index in [9.17, 15) is 4.79 Å². The summed E-state index contributed by atoms with van der Waals surface area (Å²) in [4.78, 5) is 15.0. The Balaban J connectivity index is 2.12. The highest BCUT2D eigenvalue weighted by atomic mass is 16.2. The molecule has 2 rings (SSSR count). The van der Waals surface area contributed by atoms with Crippen LogP contribution in [0.2, 0.25) is 0 Å². The molecule has 1 amide bonds. The lowest BCUT2D eigenvalue weighted by Gasteiger charge is -2.40. The van der Waals surface area contributed by atoms with E-state index in [1.54, 1.807) is 0 Å². The molecule has 0 aromatic carbocycles. The maximum atomic E-state index is 12.8. The van der Waals surface area contributed by atoms with E-state index in [-0.39, 0.29) is 12.2 Å². The second kappa shape index (κ2) is 6.46. The molecule has 1 heterocycles. The molecule has 3 nitrogen and oxygen atoms in total. The molecule has 0 radical (unpaired) electrons. The minimum absolute atomic E-state index is 0.0336. The number of amides is 1. The smallest absolute Gasteiger partial charge is 0.241 e. The molecular weight excluding hydrogens is 248 g/mol. The Kier molecular flexibility index (Phi) is 5.11. The highest BCUT2D eigenvalue weighted by Crippen LogP contribution is 2.35. The number of carbonyl (C=O) groups is 1. The van der Waals surface area contributed by atoms with Crippen LogP contribution in [0, 0.1) is 17.8 Å². The van der Waals surface area contributed by atoms with Gasteiger partial charge in [0.25, 0.3) is 0 Å². The zero-order valence-electron chi connectivity index (χ0n) is 13.9. The molecule has 20 heavy (non-hydrogen) atoms. The molecule has 3 heteroatoms. The van der Waals surface area contributed by atoms with E-state index >= 15 is 0 Å². The maximum Gasteiger partial charge on any atom is 0.241 e. The van der Waals surface area contributed by atoms with Gasteiger partial charge in [0.1, 0.15) is 0 Å². The van der Waals surface area contributed by atoms with Gasteiger partial charge in [-0.3, -0.25) is 10.1 Å². The highest BCUT2D eigenvalue weighted by molar-refractivity contribution is 5.85. The van der Waals surface area contributed by atoms with Gasteiger partial charge in [-0.15, -0.1) is 0 Å². The summed E-state index contributed by atoms with van der Waals surface area (Å²) in [5.74, 6) is 2.12. The normalized spacial score (nSPS) is 30.7. The summed E-state index contributed by atoms with van der Waals surface area (Å²) < 4.78 is 0. The Morgan fingerprint density at radius 3 is 2.35 bits per heavy atom. The number of nitrogens with zero attached hydrogens (tertiary/aromatic N) is 1. The Hall–Kier alpha value is -0.570. The lowest BCUT2D eigenvalue weighted by Crippen LogP contribution is -2.48. The molecule has 0 bridgehead atoms. The van der Waals surface area contributed by atoms with E-state index in [1.807, 2.05) is 0 Å². The molecule has 1 N–H and O–H groups in total. The van der Waals surface area contributed by atoms with Crippen molar-refractivity contribution in [2.24, 2.45) is 17.8 Å². The Morgan fingerprint density at radius 1 is 1.25 bits per heavy atom. The van der Waals surface area contributed by atoms with Gasteiger partial charge in [0.15, 0.2) is 0 Å². The standard InChI is InChI=1S/C17H32N2O/c1-6-12(4)16-17(20)19(13(5)14-8-7-9-14)15(18-16)10-11(2)3/h11-16,18H,6-10H2,1-5H3. The molecule has 4 unspecified atom stereocenters. The van der Waals surface area contributed by atoms with E-state index in [4.69, 9.17) is 0 Å². The fourth-order valence-electron chi connectivity index (χ4n) is 3.58. The second-order valence-corrected chi connectivity index (χ2v) is 7.35. The molecular formula is C17H32N2O. The third-order valence-corrected chi connectivity index (χ3v) is 5.41. The summed E-state index contributed by atoms with van der Waals surface area (Å²) in [6.45, 7) is 11.1. The first-order valence-electron chi connectivity index (χ1n) is 8.53. The van der Waals surface area contributed by atoms with Crippen LogP contribution in [0.5, 0.6) is 0 Å². The number of hydrogen-bond donors (Lipinski definition) is 1. The molecule has 1 aliphatic heterocycles. The van der Waals surface area contributed by atoms with Gasteiger partial charge in [-0.2, -0.15) is 0 Å². The van der Waals surface area contributed by atoms with Gasteiger partial charge in [-0.1, -0.05) is 40.5 Å². The van der Waals surface area contributed by atoms with Crippen molar-refractivity contribution < 1.29 is 4.79 Å². The molecule has 1 saturated carbocycles. The minimum atomic E-state index is 0.0336. The van der Waals surface area contributed by atoms with Crippen molar-refractivity contribution >= 4 is 5.91 Å². The fraction of sp³-hybridized carbons (Fsp3) is 0.941. The van der Waals surface area contributed by atoms with Crippen molar-refractivity contribution in [3.63, 3.8) is 0 Å². The molecule has 0 spiro atoms. The Bertz CT molecular complexity index is 338. The van der Waals surface area contributed by atoms with Crippen LogP contribution in [0.4, 0.5) is 0 Å². The molecule has 2 fully saturated rings. The van der Waals surface area contributed by atoms with Crippen LogP contribution in [0.15, 0.2) is 0 Å². The van der Waals surface area contributed by atoms with E-state index in [0.29, 0.717) is 23.8 Å². The van der Waals surface area contributed by atoms with Gasteiger partial charge in [-0.05, 0) is 43.9 Å². The molecule has 4 atom stereocenters. The largest absolute Gasteiger partial charge is 0.323 e. The van der Waals surface area contributed by atoms with E-state index < -0.39 is 0 Å². The summed E-state index contributed by atoms with van der Waals surface area (Å²) in [6.07, 6.45) is 6.31. The summed E-state index contributed by atoms with van der Waals surface area (Å²) >= 11 is 0. The van der Waals surface area contributed by atoms with Crippen molar-refractivity contribution in [3.8, 4) is 0 Å². The maximum absolute atomic E-state index is 12.8. The van der Waals surface area contributed by atoms with Crippen LogP contribution in [-0.2, 0) is 4.79 Å². The lowest BCUT2D eigenvalue weighted by atomic mass is 9.79. The first-order chi connectivity index (χ1) is 9.45. The van der Waals surface area contributed by atoms with Crippen LogP contribution < -0.4 is 5.32 Å². The monoisotopic (exact) mass is 280 g/mol. The molecule has 116 valence electrons. The summed E-state index contributed by atoms with van der Waals surface area (Å²) in [5, 5.41) is 3.63. The third-order valence-electron chi connectivity index (χ3n) is 5.41. The molecule has 1 saturated heterocycles. The molecule has 0 aromatic heterocycles. The lowest BCUT2D eigenvalue weighted by molar-refractivity contribution is -0.134. The SMILES string of the molecule is CCC(C)C1NC(CC(C)C)N(C(C)C2CCC2)C1=O. The van der Waals surface area contributed by atoms with Crippen molar-refractivity contribution in [2.75, 3.05) is 0 Å². The Labute approximate surface area is 124 Å². The van der Waals surface area contributed by atoms with Crippen molar-refractivity contribution in [3.05, 3.63) is 0 Å². The number of nitrogens with one attached hydrogen (secondary N) is 1. The summed E-state index contributed by atoms with van der Waals surface area (Å²) in [5.41, 5.74) is 0. The van der Waals surface area contributed by atoms with Gasteiger partial charge in [0.2, 0.25) is 5.91 Å². The summed E-state index contributed by atoms with van der Waals surface area (Å²) in [7, 11) is 0. The minimum Gasteiger partial charge on any atom is -0.323 e. The summed E-state index contributed by atoms with van der Waals surface area (Å²) in [6, 6.07) is 0.438. The second-order valence-electron chi connectivity index (χ2n) is 7.35. The topological polar surface area (TPSA) is 32.3 Å². The predicted octanol–water partition coefficient (Wildman–Crippen LogP) is 3.39. The zero-order valence-corrected chi connectivity index (χ0v) is 13.9. The van der Waals surface area contributed by atoms with Gasteiger partial charge >= 0.3 is 0 Å². The van der Waals surface area contributed by atoms with E-state index in [2.05, 4.69) is 44.8 Å². The van der Waals surface area contributed by atoms with E-state index in [1.165, 1.54) is 19.3 Å². The third kappa shape index (κ3) is 3.03. The van der Waals surface area contributed by atoms with Gasteiger partial charge in [-0.25, -0.2) is 0 Å². The van der Waals surface area contributed by atoms with E-state index in [0.717, 1.165) is 18.8 Å². The molecule has 2 aliphatic rings. The zero-order chi connectivity index (χ0) is 14.9. The van der Waals surface area contributed by atoms with Crippen LogP contribution in [-0.4, -0.2) is 29.1 Å². The highest BCUT2D eigenvalue weighted by Gasteiger charge is 2.45. The Morgan fingerprint density at radius 2 is 1.90 bits per heavy atom. The number of rotatable bonds is 6. The van der Waals surface area contributed by atoms with Crippen LogP contribution in [0.25, 0.3) is 0 Å².